The van der Waals surface area contributed by atoms with E-state index in [0.717, 1.165) is 32.0 Å². The summed E-state index contributed by atoms with van der Waals surface area (Å²) in [6.45, 7) is 0. The number of thiophene rings is 1. The molecule has 124 valence electrons. The van der Waals surface area contributed by atoms with Crippen molar-refractivity contribution < 1.29 is 14.6 Å². The fourth-order valence-corrected chi connectivity index (χ4v) is 3.86. The molecule has 0 radical (unpaired) electrons. The van der Waals surface area contributed by atoms with Crippen LogP contribution in [-0.4, -0.2) is 12.2 Å². The second kappa shape index (κ2) is 6.49. The van der Waals surface area contributed by atoms with Crippen LogP contribution < -0.4 is 9.47 Å². The molecule has 0 atom stereocenters. The summed E-state index contributed by atoms with van der Waals surface area (Å²) in [5.74, 6) is 2.55. The third-order valence-corrected chi connectivity index (χ3v) is 5.13. The molecule has 4 aromatic rings. The number of aromatic hydroxyl groups is 1. The zero-order valence-corrected chi connectivity index (χ0v) is 14.4. The van der Waals surface area contributed by atoms with E-state index in [1.54, 1.807) is 42.7 Å². The lowest BCUT2D eigenvalue weighted by Gasteiger charge is -2.08. The van der Waals surface area contributed by atoms with Crippen LogP contribution >= 0.6 is 11.3 Å². The molecule has 0 spiro atoms. The van der Waals surface area contributed by atoms with E-state index >= 15 is 0 Å². The van der Waals surface area contributed by atoms with Crippen molar-refractivity contribution in [2.24, 2.45) is 0 Å². The highest BCUT2D eigenvalue weighted by Gasteiger charge is 2.16. The molecule has 0 saturated carbocycles. The third-order valence-electron chi connectivity index (χ3n) is 3.94. The van der Waals surface area contributed by atoms with Gasteiger partial charge in [0.15, 0.2) is 5.75 Å². The van der Waals surface area contributed by atoms with Crippen molar-refractivity contribution in [1.29, 1.82) is 0 Å². The molecule has 0 amide bonds. The topological polar surface area (TPSA) is 38.7 Å². The van der Waals surface area contributed by atoms with Crippen molar-refractivity contribution in [2.45, 2.75) is 0 Å². The van der Waals surface area contributed by atoms with Gasteiger partial charge in [-0.15, -0.1) is 11.3 Å². The number of hydrogen-bond donors (Lipinski definition) is 1. The first-order valence-corrected chi connectivity index (χ1v) is 8.69. The zero-order chi connectivity index (χ0) is 17.2. The standard InChI is InChI=1S/C21H16O3S/c1-23-17-11-12-18-19(13-17)25-21(14-5-3-2-4-6-14)20(18)24-16-9-7-15(22)8-10-16/h2-13,22H,1H3. The molecule has 0 unspecified atom stereocenters. The van der Waals surface area contributed by atoms with Gasteiger partial charge in [0.25, 0.3) is 0 Å². The minimum atomic E-state index is 0.218. The Hall–Kier alpha value is -2.98. The Morgan fingerprint density at radius 1 is 0.840 bits per heavy atom. The predicted octanol–water partition coefficient (Wildman–Crippen LogP) is 6.07. The van der Waals surface area contributed by atoms with Gasteiger partial charge in [0.1, 0.15) is 17.2 Å². The summed E-state index contributed by atoms with van der Waals surface area (Å²) in [4.78, 5) is 1.07. The molecule has 1 aromatic heterocycles. The Morgan fingerprint density at radius 2 is 1.56 bits per heavy atom. The van der Waals surface area contributed by atoms with Gasteiger partial charge in [0.05, 0.1) is 12.0 Å². The minimum absolute atomic E-state index is 0.218. The average molecular weight is 348 g/mol. The molecule has 25 heavy (non-hydrogen) atoms. The van der Waals surface area contributed by atoms with Gasteiger partial charge >= 0.3 is 0 Å². The van der Waals surface area contributed by atoms with E-state index in [9.17, 15) is 5.11 Å². The van der Waals surface area contributed by atoms with E-state index in [1.807, 2.05) is 36.4 Å². The van der Waals surface area contributed by atoms with Crippen molar-refractivity contribution in [2.75, 3.05) is 7.11 Å². The summed E-state index contributed by atoms with van der Waals surface area (Å²) in [5.41, 5.74) is 1.11. The van der Waals surface area contributed by atoms with Crippen molar-refractivity contribution in [3.8, 4) is 33.4 Å². The first kappa shape index (κ1) is 15.5. The molecule has 0 bridgehead atoms. The average Bonchev–Trinajstić information content (AvgIpc) is 3.02. The molecular weight excluding hydrogens is 332 g/mol. The van der Waals surface area contributed by atoms with E-state index in [0.29, 0.717) is 5.75 Å². The van der Waals surface area contributed by atoms with Gasteiger partial charge < -0.3 is 14.6 Å². The smallest absolute Gasteiger partial charge is 0.153 e. The second-order valence-electron chi connectivity index (χ2n) is 5.58. The van der Waals surface area contributed by atoms with E-state index in [1.165, 1.54) is 0 Å². The van der Waals surface area contributed by atoms with E-state index in [2.05, 4.69) is 12.1 Å². The lowest BCUT2D eigenvalue weighted by molar-refractivity contribution is 0.415. The minimum Gasteiger partial charge on any atom is -0.508 e. The molecule has 0 saturated heterocycles. The highest BCUT2D eigenvalue weighted by atomic mass is 32.1. The normalized spacial score (nSPS) is 10.8. The Balaban J connectivity index is 1.88. The molecular formula is C21H16O3S. The maximum atomic E-state index is 9.48. The Bertz CT molecular complexity index is 1000. The van der Waals surface area contributed by atoms with Crippen LogP contribution in [0.2, 0.25) is 0 Å². The summed E-state index contributed by atoms with van der Waals surface area (Å²) in [6.07, 6.45) is 0. The highest BCUT2D eigenvalue weighted by Crippen LogP contribution is 2.47. The van der Waals surface area contributed by atoms with Gasteiger partial charge in [-0.3, -0.25) is 0 Å². The van der Waals surface area contributed by atoms with Crippen LogP contribution in [0.5, 0.6) is 23.0 Å². The fourth-order valence-electron chi connectivity index (χ4n) is 2.69. The zero-order valence-electron chi connectivity index (χ0n) is 13.6. The number of methoxy groups -OCH3 is 1. The van der Waals surface area contributed by atoms with Crippen molar-refractivity contribution in [1.82, 2.24) is 0 Å². The van der Waals surface area contributed by atoms with Crippen LogP contribution in [0.3, 0.4) is 0 Å². The molecule has 4 heteroatoms. The number of rotatable bonds is 4. The summed E-state index contributed by atoms with van der Waals surface area (Å²) < 4.78 is 12.7. The molecule has 1 N–H and O–H groups in total. The summed E-state index contributed by atoms with van der Waals surface area (Å²) in [5, 5.41) is 10.5. The highest BCUT2D eigenvalue weighted by molar-refractivity contribution is 7.22. The fraction of sp³-hybridized carbons (Fsp3) is 0.0476. The van der Waals surface area contributed by atoms with Gasteiger partial charge in [-0.05, 0) is 48.0 Å². The number of fused-ring (bicyclic) bond motifs is 1. The van der Waals surface area contributed by atoms with Crippen LogP contribution in [0.15, 0.2) is 72.8 Å². The van der Waals surface area contributed by atoms with Gasteiger partial charge in [-0.25, -0.2) is 0 Å². The molecule has 3 nitrogen and oxygen atoms in total. The number of phenolic OH excluding ortho intramolecular Hbond substituents is 1. The van der Waals surface area contributed by atoms with E-state index < -0.39 is 0 Å². The SMILES string of the molecule is COc1ccc2c(Oc3ccc(O)cc3)c(-c3ccccc3)sc2c1. The molecule has 0 aliphatic carbocycles. The van der Waals surface area contributed by atoms with Crippen molar-refractivity contribution >= 4 is 21.4 Å². The second-order valence-corrected chi connectivity index (χ2v) is 6.64. The van der Waals surface area contributed by atoms with Crippen LogP contribution in [0, 0.1) is 0 Å². The Labute approximate surface area is 149 Å². The van der Waals surface area contributed by atoms with E-state index in [4.69, 9.17) is 9.47 Å². The van der Waals surface area contributed by atoms with E-state index in [-0.39, 0.29) is 5.75 Å². The summed E-state index contributed by atoms with van der Waals surface area (Å²) in [6, 6.07) is 22.9. The van der Waals surface area contributed by atoms with Crippen LogP contribution in [0.25, 0.3) is 20.5 Å². The summed E-state index contributed by atoms with van der Waals surface area (Å²) >= 11 is 1.67. The molecule has 3 aromatic carbocycles. The number of ether oxygens (including phenoxy) is 2. The van der Waals surface area contributed by atoms with Crippen molar-refractivity contribution in [3.05, 3.63) is 72.8 Å². The monoisotopic (exact) mass is 348 g/mol. The quantitative estimate of drug-likeness (QED) is 0.486. The number of benzene rings is 3. The first-order valence-electron chi connectivity index (χ1n) is 7.87. The number of hydrogen-bond acceptors (Lipinski definition) is 4. The Morgan fingerprint density at radius 3 is 2.28 bits per heavy atom. The van der Waals surface area contributed by atoms with Gasteiger partial charge in [-0.1, -0.05) is 30.3 Å². The maximum Gasteiger partial charge on any atom is 0.153 e. The molecule has 0 aliphatic heterocycles. The molecule has 0 aliphatic rings. The number of phenols is 1. The lowest BCUT2D eigenvalue weighted by Crippen LogP contribution is -1.85. The predicted molar refractivity (Wildman–Crippen MR) is 102 cm³/mol. The Kier molecular flexibility index (Phi) is 4.04. The maximum absolute atomic E-state index is 9.48. The van der Waals surface area contributed by atoms with Crippen LogP contribution in [-0.2, 0) is 0 Å². The lowest BCUT2D eigenvalue weighted by atomic mass is 10.1. The van der Waals surface area contributed by atoms with Gasteiger partial charge in [-0.2, -0.15) is 0 Å². The third kappa shape index (κ3) is 3.04. The molecule has 4 rings (SSSR count). The van der Waals surface area contributed by atoms with Crippen molar-refractivity contribution in [3.63, 3.8) is 0 Å². The largest absolute Gasteiger partial charge is 0.508 e. The van der Waals surface area contributed by atoms with Gasteiger partial charge in [0, 0.05) is 10.1 Å². The molecule has 0 fully saturated rings. The molecule has 1 heterocycles. The van der Waals surface area contributed by atoms with Gasteiger partial charge in [0.2, 0.25) is 0 Å². The van der Waals surface area contributed by atoms with Crippen LogP contribution in [0.1, 0.15) is 0 Å². The first-order chi connectivity index (χ1) is 12.2. The van der Waals surface area contributed by atoms with Crippen LogP contribution in [0.4, 0.5) is 0 Å². The summed E-state index contributed by atoms with van der Waals surface area (Å²) in [7, 11) is 1.67.